The Hall–Kier alpha value is -0.370. The minimum atomic E-state index is -0.234. The van der Waals surface area contributed by atoms with Gasteiger partial charge in [0.15, 0.2) is 5.78 Å². The molecule has 1 aliphatic carbocycles. The highest BCUT2D eigenvalue weighted by Gasteiger charge is 2.30. The minimum Gasteiger partial charge on any atom is -0.322 e. The van der Waals surface area contributed by atoms with Gasteiger partial charge in [-0.25, -0.2) is 0 Å². The molecule has 0 amide bonds. The molecule has 1 fully saturated rings. The predicted molar refractivity (Wildman–Crippen MR) is 31.4 cm³/mol. The van der Waals surface area contributed by atoms with E-state index in [-0.39, 0.29) is 11.8 Å². The van der Waals surface area contributed by atoms with Gasteiger partial charge < -0.3 is 5.73 Å². The highest BCUT2D eigenvalue weighted by molar-refractivity contribution is 5.87. The first-order valence-corrected chi connectivity index (χ1v) is 3.01. The molecule has 1 atom stereocenters. The fourth-order valence-electron chi connectivity index (χ4n) is 0.740. The number of carbonyl (C=O) groups excluding carboxylic acids is 1. The lowest BCUT2D eigenvalue weighted by atomic mass is 10.1. The van der Waals surface area contributed by atoms with E-state index in [0.29, 0.717) is 5.92 Å². The van der Waals surface area contributed by atoms with Gasteiger partial charge in [0.1, 0.15) is 0 Å². The molecule has 0 aliphatic heterocycles. The maximum atomic E-state index is 10.8. The van der Waals surface area contributed by atoms with E-state index >= 15 is 0 Å². The third kappa shape index (κ3) is 1.07. The molecule has 0 spiro atoms. The van der Waals surface area contributed by atoms with Crippen molar-refractivity contribution < 1.29 is 4.79 Å². The number of Topliss-reactive ketones (excluding diaryl/α,β-unsaturated/α-hetero) is 1. The molecule has 0 aromatic heterocycles. The zero-order chi connectivity index (χ0) is 6.15. The van der Waals surface area contributed by atoms with Crippen molar-refractivity contribution in [3.63, 3.8) is 0 Å². The average Bonchev–Trinajstić information content (AvgIpc) is 2.43. The van der Waals surface area contributed by atoms with Gasteiger partial charge in [-0.1, -0.05) is 0 Å². The van der Waals surface area contributed by atoms with Crippen LogP contribution in [0.2, 0.25) is 0 Å². The fraction of sp³-hybridized carbons (Fsp3) is 0.833. The molecule has 2 nitrogen and oxygen atoms in total. The Kier molecular flexibility index (Phi) is 1.34. The molecular formula is C6H11NO. The Morgan fingerprint density at radius 3 is 2.38 bits per heavy atom. The Labute approximate surface area is 49.1 Å². The monoisotopic (exact) mass is 113 g/mol. The molecule has 2 N–H and O–H groups in total. The number of carbonyl (C=O) groups is 1. The summed E-state index contributed by atoms with van der Waals surface area (Å²) in [5, 5.41) is 0. The largest absolute Gasteiger partial charge is 0.322 e. The molecule has 2 heteroatoms. The molecule has 0 radical (unpaired) electrons. The molecular weight excluding hydrogens is 102 g/mol. The Bertz CT molecular complexity index is 101. The lowest BCUT2D eigenvalue weighted by molar-refractivity contribution is -0.121. The smallest absolute Gasteiger partial charge is 0.152 e. The SMILES string of the molecule is C[C@H](N)C(=O)C1CC1. The third-order valence-electron chi connectivity index (χ3n) is 1.43. The molecule has 0 heterocycles. The van der Waals surface area contributed by atoms with Crippen LogP contribution in [0.4, 0.5) is 0 Å². The molecule has 0 bridgehead atoms. The highest BCUT2D eigenvalue weighted by atomic mass is 16.1. The zero-order valence-electron chi connectivity index (χ0n) is 5.05. The van der Waals surface area contributed by atoms with Crippen LogP contribution in [-0.2, 0) is 4.79 Å². The van der Waals surface area contributed by atoms with Crippen LogP contribution in [0, 0.1) is 5.92 Å². The van der Waals surface area contributed by atoms with Crippen molar-refractivity contribution in [3.8, 4) is 0 Å². The molecule has 0 aromatic carbocycles. The van der Waals surface area contributed by atoms with Crippen LogP contribution in [0.15, 0.2) is 0 Å². The number of ketones is 1. The van der Waals surface area contributed by atoms with Gasteiger partial charge in [-0.2, -0.15) is 0 Å². The zero-order valence-corrected chi connectivity index (χ0v) is 5.05. The van der Waals surface area contributed by atoms with E-state index < -0.39 is 0 Å². The van der Waals surface area contributed by atoms with Crippen LogP contribution in [0.3, 0.4) is 0 Å². The number of hydrogen-bond acceptors (Lipinski definition) is 2. The van der Waals surface area contributed by atoms with Crippen molar-refractivity contribution in [3.05, 3.63) is 0 Å². The normalized spacial score (nSPS) is 22.8. The summed E-state index contributed by atoms with van der Waals surface area (Å²) < 4.78 is 0. The van der Waals surface area contributed by atoms with Gasteiger partial charge in [0.2, 0.25) is 0 Å². The maximum Gasteiger partial charge on any atom is 0.152 e. The molecule has 0 aromatic rings. The summed E-state index contributed by atoms with van der Waals surface area (Å²) in [6, 6.07) is -0.234. The van der Waals surface area contributed by atoms with Crippen molar-refractivity contribution in [1.82, 2.24) is 0 Å². The molecule has 0 unspecified atom stereocenters. The van der Waals surface area contributed by atoms with Crippen molar-refractivity contribution >= 4 is 5.78 Å². The average molecular weight is 113 g/mol. The topological polar surface area (TPSA) is 43.1 Å². The van der Waals surface area contributed by atoms with Crippen LogP contribution in [0.1, 0.15) is 19.8 Å². The maximum absolute atomic E-state index is 10.8. The summed E-state index contributed by atoms with van der Waals surface area (Å²) in [6.45, 7) is 1.75. The second-order valence-corrected chi connectivity index (χ2v) is 2.47. The van der Waals surface area contributed by atoms with E-state index in [1.807, 2.05) is 0 Å². The van der Waals surface area contributed by atoms with Crippen LogP contribution in [-0.4, -0.2) is 11.8 Å². The Balaban J connectivity index is 2.33. The van der Waals surface area contributed by atoms with Crippen LogP contribution in [0.25, 0.3) is 0 Å². The molecule has 0 saturated heterocycles. The summed E-state index contributed by atoms with van der Waals surface area (Å²) in [5.41, 5.74) is 5.33. The first kappa shape index (κ1) is 5.76. The van der Waals surface area contributed by atoms with Crippen molar-refractivity contribution in [1.29, 1.82) is 0 Å². The number of hydrogen-bond donors (Lipinski definition) is 1. The first-order valence-electron chi connectivity index (χ1n) is 3.01. The summed E-state index contributed by atoms with van der Waals surface area (Å²) in [6.07, 6.45) is 2.14. The van der Waals surface area contributed by atoms with Crippen molar-refractivity contribution in [2.75, 3.05) is 0 Å². The molecule has 1 rings (SSSR count). The van der Waals surface area contributed by atoms with E-state index in [1.54, 1.807) is 6.92 Å². The predicted octanol–water partition coefficient (Wildman–Crippen LogP) is 0.313. The van der Waals surface area contributed by atoms with Gasteiger partial charge in [-0.15, -0.1) is 0 Å². The molecule has 46 valence electrons. The Morgan fingerprint density at radius 1 is 1.75 bits per heavy atom. The third-order valence-corrected chi connectivity index (χ3v) is 1.43. The standard InChI is InChI=1S/C6H11NO/c1-4(7)6(8)5-2-3-5/h4-5H,2-3,7H2,1H3/t4-/m0/s1. The van der Waals surface area contributed by atoms with E-state index in [4.69, 9.17) is 5.73 Å². The quantitative estimate of drug-likeness (QED) is 0.560. The van der Waals surface area contributed by atoms with Gasteiger partial charge in [-0.3, -0.25) is 4.79 Å². The highest BCUT2D eigenvalue weighted by Crippen LogP contribution is 2.30. The lowest BCUT2D eigenvalue weighted by Gasteiger charge is -1.98. The summed E-state index contributed by atoms with van der Waals surface area (Å²) in [7, 11) is 0. The van der Waals surface area contributed by atoms with Crippen molar-refractivity contribution in [2.45, 2.75) is 25.8 Å². The van der Waals surface area contributed by atoms with Gasteiger partial charge in [0.05, 0.1) is 6.04 Å². The number of nitrogens with two attached hydrogens (primary N) is 1. The molecule has 1 saturated carbocycles. The summed E-state index contributed by atoms with van der Waals surface area (Å²) >= 11 is 0. The number of rotatable bonds is 2. The first-order chi connectivity index (χ1) is 3.72. The van der Waals surface area contributed by atoms with Gasteiger partial charge in [0, 0.05) is 5.92 Å². The molecule has 1 aliphatic rings. The minimum absolute atomic E-state index is 0.234. The molecule has 8 heavy (non-hydrogen) atoms. The van der Waals surface area contributed by atoms with E-state index in [2.05, 4.69) is 0 Å². The summed E-state index contributed by atoms with van der Waals surface area (Å²) in [5.74, 6) is 0.569. The van der Waals surface area contributed by atoms with E-state index in [9.17, 15) is 4.79 Å². The summed E-state index contributed by atoms with van der Waals surface area (Å²) in [4.78, 5) is 10.8. The van der Waals surface area contributed by atoms with Crippen LogP contribution < -0.4 is 5.73 Å². The lowest BCUT2D eigenvalue weighted by Crippen LogP contribution is -2.27. The van der Waals surface area contributed by atoms with E-state index in [1.165, 1.54) is 0 Å². The van der Waals surface area contributed by atoms with Gasteiger partial charge >= 0.3 is 0 Å². The van der Waals surface area contributed by atoms with Gasteiger partial charge in [0.25, 0.3) is 0 Å². The second kappa shape index (κ2) is 1.86. The second-order valence-electron chi connectivity index (χ2n) is 2.47. The van der Waals surface area contributed by atoms with Gasteiger partial charge in [-0.05, 0) is 19.8 Å². The van der Waals surface area contributed by atoms with Crippen molar-refractivity contribution in [2.24, 2.45) is 11.7 Å². The fourth-order valence-corrected chi connectivity index (χ4v) is 0.740. The Morgan fingerprint density at radius 2 is 2.25 bits per heavy atom. The van der Waals surface area contributed by atoms with E-state index in [0.717, 1.165) is 12.8 Å². The van der Waals surface area contributed by atoms with Crippen LogP contribution >= 0.6 is 0 Å². The van der Waals surface area contributed by atoms with Crippen LogP contribution in [0.5, 0.6) is 0 Å².